The Balaban J connectivity index is 1.43. The number of cyclic esters (lactones) is 1. The standard InChI is InChI=1S/C30H42O7/c1-29-12-13-35-28(31)26(29)25(34-5)16-30(2)23-15-22(36-17-19-6-9-21(33-4)10-7-19)11-8-20(23)14-24(27(29)30)37-18-32-3/h6-7,9-10,20,22-24,27H,8,11-18H2,1-5H3/t20-,22+,23+,24+,27+,29+,30-/m0/s1. The highest BCUT2D eigenvalue weighted by atomic mass is 16.7. The first-order valence-corrected chi connectivity index (χ1v) is 13.6. The van der Waals surface area contributed by atoms with Crippen LogP contribution >= 0.6 is 0 Å². The summed E-state index contributed by atoms with van der Waals surface area (Å²) < 4.78 is 35.0. The SMILES string of the molecule is COCO[C@@H]1C[C@@H]2CC[C@@H](OCc3ccc(OC)cc3)C[C@H]2[C@]2(C)CC(OC)=C3C(=O)OCC[C@@]3(C)[C@@H]12. The Hall–Kier alpha value is -2.09. The largest absolute Gasteiger partial charge is 0.501 e. The third-order valence-corrected chi connectivity index (χ3v) is 9.84. The number of allylic oxidation sites excluding steroid dienone is 1. The van der Waals surface area contributed by atoms with Crippen molar-refractivity contribution < 1.29 is 33.2 Å². The number of fused-ring (bicyclic) bond motifs is 5. The van der Waals surface area contributed by atoms with E-state index in [0.29, 0.717) is 31.5 Å². The normalized spacial score (nSPS) is 37.2. The Morgan fingerprint density at radius 1 is 1.00 bits per heavy atom. The van der Waals surface area contributed by atoms with Gasteiger partial charge in [-0.15, -0.1) is 0 Å². The lowest BCUT2D eigenvalue weighted by molar-refractivity contribution is -0.213. The maximum absolute atomic E-state index is 13.0. The molecule has 2 saturated carbocycles. The molecule has 3 fully saturated rings. The van der Waals surface area contributed by atoms with Gasteiger partial charge in [-0.3, -0.25) is 0 Å². The summed E-state index contributed by atoms with van der Waals surface area (Å²) >= 11 is 0. The molecule has 1 aromatic rings. The summed E-state index contributed by atoms with van der Waals surface area (Å²) in [4.78, 5) is 13.0. The fourth-order valence-corrected chi connectivity index (χ4v) is 8.30. The first kappa shape index (κ1) is 26.5. The average Bonchev–Trinajstić information content (AvgIpc) is 2.90. The number of benzene rings is 1. The molecule has 204 valence electrons. The topological polar surface area (TPSA) is 72.5 Å². The molecular weight excluding hydrogens is 472 g/mol. The van der Waals surface area contributed by atoms with Crippen molar-refractivity contribution in [3.05, 3.63) is 41.2 Å². The highest BCUT2D eigenvalue weighted by Crippen LogP contribution is 2.67. The molecule has 0 radical (unpaired) electrons. The molecule has 5 rings (SSSR count). The minimum absolute atomic E-state index is 0.0206. The molecule has 3 aliphatic carbocycles. The molecule has 1 heterocycles. The molecule has 1 saturated heterocycles. The van der Waals surface area contributed by atoms with E-state index in [1.807, 2.05) is 12.1 Å². The van der Waals surface area contributed by atoms with E-state index in [0.717, 1.165) is 54.7 Å². The van der Waals surface area contributed by atoms with Crippen LogP contribution in [0.5, 0.6) is 5.75 Å². The lowest BCUT2D eigenvalue weighted by Gasteiger charge is -2.64. The number of carbonyl (C=O) groups excluding carboxylic acids is 1. The third kappa shape index (κ3) is 4.68. The molecule has 4 aliphatic rings. The van der Waals surface area contributed by atoms with Gasteiger partial charge in [-0.25, -0.2) is 4.79 Å². The smallest absolute Gasteiger partial charge is 0.337 e. The summed E-state index contributed by atoms with van der Waals surface area (Å²) in [5.74, 6) is 2.58. The van der Waals surface area contributed by atoms with Gasteiger partial charge in [0.15, 0.2) is 0 Å². The van der Waals surface area contributed by atoms with E-state index < -0.39 is 0 Å². The van der Waals surface area contributed by atoms with Crippen LogP contribution in [0.15, 0.2) is 35.6 Å². The van der Waals surface area contributed by atoms with E-state index >= 15 is 0 Å². The number of hydrogen-bond acceptors (Lipinski definition) is 7. The van der Waals surface area contributed by atoms with Crippen molar-refractivity contribution in [1.29, 1.82) is 0 Å². The van der Waals surface area contributed by atoms with Gasteiger partial charge in [-0.2, -0.15) is 0 Å². The molecule has 0 N–H and O–H groups in total. The molecule has 7 heteroatoms. The quantitative estimate of drug-likeness (QED) is 0.346. The summed E-state index contributed by atoms with van der Waals surface area (Å²) in [6, 6.07) is 8.11. The number of rotatable bonds is 8. The minimum atomic E-state index is -0.367. The summed E-state index contributed by atoms with van der Waals surface area (Å²) in [6.07, 6.45) is 5.89. The lowest BCUT2D eigenvalue weighted by atomic mass is 9.42. The molecule has 37 heavy (non-hydrogen) atoms. The predicted octanol–water partition coefficient (Wildman–Crippen LogP) is 5.27. The van der Waals surface area contributed by atoms with E-state index in [4.69, 9.17) is 28.4 Å². The first-order valence-electron chi connectivity index (χ1n) is 13.6. The zero-order valence-electron chi connectivity index (χ0n) is 22.9. The molecule has 0 aromatic heterocycles. The van der Waals surface area contributed by atoms with Crippen molar-refractivity contribution in [3.8, 4) is 5.75 Å². The van der Waals surface area contributed by atoms with Crippen molar-refractivity contribution in [2.75, 3.05) is 34.7 Å². The van der Waals surface area contributed by atoms with Gasteiger partial charge in [0.05, 0.1) is 45.2 Å². The van der Waals surface area contributed by atoms with Crippen molar-refractivity contribution >= 4 is 5.97 Å². The van der Waals surface area contributed by atoms with Gasteiger partial charge in [-0.05, 0) is 67.1 Å². The van der Waals surface area contributed by atoms with Crippen LogP contribution in [0.1, 0.15) is 57.9 Å². The van der Waals surface area contributed by atoms with E-state index in [1.54, 1.807) is 21.3 Å². The second kappa shape index (κ2) is 10.6. The second-order valence-electron chi connectivity index (χ2n) is 11.8. The first-order chi connectivity index (χ1) is 17.8. The zero-order valence-corrected chi connectivity index (χ0v) is 22.9. The van der Waals surface area contributed by atoms with Crippen LogP contribution < -0.4 is 4.74 Å². The van der Waals surface area contributed by atoms with Gasteiger partial charge >= 0.3 is 5.97 Å². The highest BCUT2D eigenvalue weighted by Gasteiger charge is 2.65. The van der Waals surface area contributed by atoms with Gasteiger partial charge in [0, 0.05) is 24.9 Å². The molecule has 7 nitrogen and oxygen atoms in total. The molecule has 1 aliphatic heterocycles. The third-order valence-electron chi connectivity index (χ3n) is 9.84. The Kier molecular flexibility index (Phi) is 7.58. The Labute approximate surface area is 220 Å². The molecule has 0 amide bonds. The van der Waals surface area contributed by atoms with Gasteiger partial charge < -0.3 is 28.4 Å². The summed E-state index contributed by atoms with van der Waals surface area (Å²) in [7, 11) is 5.04. The molecular formula is C30H42O7. The number of methoxy groups -OCH3 is 3. The summed E-state index contributed by atoms with van der Waals surface area (Å²) in [5.41, 5.74) is 1.42. The Bertz CT molecular complexity index is 1000. The van der Waals surface area contributed by atoms with Crippen molar-refractivity contribution in [2.45, 2.75) is 71.2 Å². The van der Waals surface area contributed by atoms with Crippen LogP contribution in [0.3, 0.4) is 0 Å². The Morgan fingerprint density at radius 3 is 2.49 bits per heavy atom. The monoisotopic (exact) mass is 514 g/mol. The zero-order chi connectivity index (χ0) is 26.2. The molecule has 7 atom stereocenters. The molecule has 0 unspecified atom stereocenters. The van der Waals surface area contributed by atoms with Crippen molar-refractivity contribution in [2.24, 2.45) is 28.6 Å². The number of hydrogen-bond donors (Lipinski definition) is 0. The van der Waals surface area contributed by atoms with E-state index in [-0.39, 0.29) is 41.7 Å². The van der Waals surface area contributed by atoms with Crippen LogP contribution in [0.2, 0.25) is 0 Å². The van der Waals surface area contributed by atoms with Crippen LogP contribution in [-0.2, 0) is 35.1 Å². The number of ether oxygens (including phenoxy) is 6. The summed E-state index contributed by atoms with van der Waals surface area (Å²) in [5, 5.41) is 0. The fraction of sp³-hybridized carbons (Fsp3) is 0.700. The van der Waals surface area contributed by atoms with Gasteiger partial charge in [0.2, 0.25) is 0 Å². The lowest BCUT2D eigenvalue weighted by Crippen LogP contribution is -2.62. The van der Waals surface area contributed by atoms with Crippen molar-refractivity contribution in [1.82, 2.24) is 0 Å². The van der Waals surface area contributed by atoms with E-state index in [2.05, 4.69) is 26.0 Å². The number of esters is 1. The molecule has 0 bridgehead atoms. The van der Waals surface area contributed by atoms with Crippen LogP contribution in [0.4, 0.5) is 0 Å². The Morgan fingerprint density at radius 2 is 1.78 bits per heavy atom. The average molecular weight is 515 g/mol. The minimum Gasteiger partial charge on any atom is -0.501 e. The fourth-order valence-electron chi connectivity index (χ4n) is 8.30. The number of carbonyl (C=O) groups is 1. The van der Waals surface area contributed by atoms with Crippen molar-refractivity contribution in [3.63, 3.8) is 0 Å². The van der Waals surface area contributed by atoms with Crippen LogP contribution in [0, 0.1) is 28.6 Å². The van der Waals surface area contributed by atoms with Crippen LogP contribution in [-0.4, -0.2) is 52.9 Å². The molecule has 0 spiro atoms. The second-order valence-corrected chi connectivity index (χ2v) is 11.8. The summed E-state index contributed by atoms with van der Waals surface area (Å²) in [6.45, 7) is 5.93. The van der Waals surface area contributed by atoms with Gasteiger partial charge in [0.25, 0.3) is 0 Å². The van der Waals surface area contributed by atoms with Gasteiger partial charge in [-0.1, -0.05) is 26.0 Å². The highest BCUT2D eigenvalue weighted by molar-refractivity contribution is 5.91. The predicted molar refractivity (Wildman–Crippen MR) is 138 cm³/mol. The van der Waals surface area contributed by atoms with Crippen LogP contribution in [0.25, 0.3) is 0 Å². The van der Waals surface area contributed by atoms with E-state index in [1.165, 1.54) is 0 Å². The maximum atomic E-state index is 13.0. The maximum Gasteiger partial charge on any atom is 0.337 e. The van der Waals surface area contributed by atoms with Gasteiger partial charge in [0.1, 0.15) is 18.3 Å². The van der Waals surface area contributed by atoms with E-state index in [9.17, 15) is 4.79 Å². The molecule has 1 aromatic carbocycles.